The molecule has 0 aliphatic heterocycles. The molecule has 0 saturated heterocycles. The van der Waals surface area contributed by atoms with E-state index in [2.05, 4.69) is 19.2 Å². The number of rotatable bonds is 3. The Bertz CT molecular complexity index is 584. The fourth-order valence-corrected chi connectivity index (χ4v) is 2.88. The lowest BCUT2D eigenvalue weighted by molar-refractivity contribution is 0.164. The van der Waals surface area contributed by atoms with Crippen LogP contribution in [0, 0.1) is 6.92 Å². The minimum absolute atomic E-state index is 0.281. The number of halogens is 3. The third-order valence-electron chi connectivity index (χ3n) is 3.65. The average molecular weight is 396 g/mol. The summed E-state index contributed by atoms with van der Waals surface area (Å²) in [6, 6.07) is 0. The highest BCUT2D eigenvalue weighted by Crippen LogP contribution is 2.34. The van der Waals surface area contributed by atoms with Gasteiger partial charge in [0.2, 0.25) is 3.79 Å². The number of amides is 1. The summed E-state index contributed by atoms with van der Waals surface area (Å²) in [5.74, 6) is 0.281. The van der Waals surface area contributed by atoms with Crippen LogP contribution in [0.25, 0.3) is 0 Å². The summed E-state index contributed by atoms with van der Waals surface area (Å²) in [5.41, 5.74) is 4.91. The number of nitrogens with zero attached hydrogens (tertiary/aromatic N) is 1. The normalized spacial score (nSPS) is 13.2. The van der Waals surface area contributed by atoms with Crippen molar-refractivity contribution < 1.29 is 9.53 Å². The molecule has 24 heavy (non-hydrogen) atoms. The van der Waals surface area contributed by atoms with Crippen molar-refractivity contribution in [1.82, 2.24) is 4.98 Å². The van der Waals surface area contributed by atoms with Crippen LogP contribution >= 0.6 is 34.8 Å². The van der Waals surface area contributed by atoms with E-state index >= 15 is 0 Å². The van der Waals surface area contributed by atoms with Crippen LogP contribution in [0.3, 0.4) is 0 Å². The zero-order valence-corrected chi connectivity index (χ0v) is 17.1. The van der Waals surface area contributed by atoms with Crippen molar-refractivity contribution in [3.05, 3.63) is 22.5 Å². The molecule has 1 aliphatic rings. The lowest BCUT2D eigenvalue weighted by atomic mass is 9.99. The Hall–Kier alpha value is -0.710. The molecule has 1 heterocycles. The second kappa shape index (κ2) is 9.12. The second-order valence-electron chi connectivity index (χ2n) is 5.75. The van der Waals surface area contributed by atoms with Crippen LogP contribution in [0.1, 0.15) is 62.5 Å². The van der Waals surface area contributed by atoms with Gasteiger partial charge in [0.1, 0.15) is 6.61 Å². The number of aryl methyl sites for hydroxylation is 1. The van der Waals surface area contributed by atoms with Crippen LogP contribution in [0.4, 0.5) is 10.5 Å². The first-order valence-electron chi connectivity index (χ1n) is 8.22. The molecular formula is C17H25Cl3N2O2. The molecule has 0 fully saturated rings. The largest absolute Gasteiger partial charge is 0.445 e. The van der Waals surface area contributed by atoms with E-state index < -0.39 is 9.89 Å². The molecule has 4 nitrogen and oxygen atoms in total. The average Bonchev–Trinajstić information content (AvgIpc) is 2.97. The SMILES string of the molecule is CC.Cc1c(C(C)C)nc2c(c1NC(=O)OCC(Cl)(Cl)Cl)CCC2. The quantitative estimate of drug-likeness (QED) is 0.644. The molecule has 0 radical (unpaired) electrons. The number of nitrogens with one attached hydrogen (secondary N) is 1. The van der Waals surface area contributed by atoms with Crippen LogP contribution in [-0.2, 0) is 17.6 Å². The zero-order valence-electron chi connectivity index (χ0n) is 14.8. The summed E-state index contributed by atoms with van der Waals surface area (Å²) in [5, 5.41) is 2.80. The first kappa shape index (κ1) is 21.3. The molecule has 0 unspecified atom stereocenters. The van der Waals surface area contributed by atoms with Crippen molar-refractivity contribution in [3.63, 3.8) is 0 Å². The Morgan fingerprint density at radius 3 is 2.46 bits per heavy atom. The fraction of sp³-hybridized carbons (Fsp3) is 0.647. The Kier molecular flexibility index (Phi) is 8.10. The molecule has 1 amide bonds. The molecule has 2 rings (SSSR count). The van der Waals surface area contributed by atoms with E-state index in [0.717, 1.165) is 47.5 Å². The van der Waals surface area contributed by atoms with Crippen LogP contribution in [-0.4, -0.2) is 21.5 Å². The Morgan fingerprint density at radius 1 is 1.29 bits per heavy atom. The molecule has 0 atom stereocenters. The van der Waals surface area contributed by atoms with Crippen molar-refractivity contribution in [2.24, 2.45) is 0 Å². The van der Waals surface area contributed by atoms with E-state index in [1.54, 1.807) is 0 Å². The lowest BCUT2D eigenvalue weighted by Gasteiger charge is -2.19. The molecule has 0 bridgehead atoms. The zero-order chi connectivity index (χ0) is 18.5. The summed E-state index contributed by atoms with van der Waals surface area (Å²) in [4.78, 5) is 16.7. The van der Waals surface area contributed by atoms with Gasteiger partial charge in [-0.1, -0.05) is 62.5 Å². The Labute approximate surface area is 159 Å². The van der Waals surface area contributed by atoms with Gasteiger partial charge in [-0.2, -0.15) is 0 Å². The maximum atomic E-state index is 12.0. The van der Waals surface area contributed by atoms with Gasteiger partial charge in [0.05, 0.1) is 5.69 Å². The number of fused-ring (bicyclic) bond motifs is 1. The van der Waals surface area contributed by atoms with E-state index in [1.165, 1.54) is 0 Å². The number of carbonyl (C=O) groups is 1. The van der Waals surface area contributed by atoms with Crippen LogP contribution < -0.4 is 5.32 Å². The lowest BCUT2D eigenvalue weighted by Crippen LogP contribution is -2.22. The molecule has 7 heteroatoms. The number of carbonyl (C=O) groups excluding carboxylic acids is 1. The molecule has 0 aromatic carbocycles. The molecule has 136 valence electrons. The Balaban J connectivity index is 0.00000139. The van der Waals surface area contributed by atoms with E-state index in [0.29, 0.717) is 0 Å². The highest BCUT2D eigenvalue weighted by atomic mass is 35.6. The maximum absolute atomic E-state index is 12.0. The first-order valence-corrected chi connectivity index (χ1v) is 9.35. The van der Waals surface area contributed by atoms with Crippen LogP contribution in [0.15, 0.2) is 0 Å². The monoisotopic (exact) mass is 394 g/mol. The van der Waals surface area contributed by atoms with Gasteiger partial charge in [0.25, 0.3) is 0 Å². The van der Waals surface area contributed by atoms with E-state index in [-0.39, 0.29) is 12.5 Å². The number of hydrogen-bond acceptors (Lipinski definition) is 3. The van der Waals surface area contributed by atoms with E-state index in [9.17, 15) is 4.79 Å². The highest BCUT2D eigenvalue weighted by molar-refractivity contribution is 6.67. The van der Waals surface area contributed by atoms with Gasteiger partial charge < -0.3 is 4.74 Å². The number of pyridine rings is 1. The number of anilines is 1. The fourth-order valence-electron chi connectivity index (χ4n) is 2.72. The van der Waals surface area contributed by atoms with Crippen LogP contribution in [0.2, 0.25) is 0 Å². The molecular weight excluding hydrogens is 371 g/mol. The van der Waals surface area contributed by atoms with Gasteiger partial charge in [-0.05, 0) is 43.2 Å². The second-order valence-corrected chi connectivity index (χ2v) is 8.26. The summed E-state index contributed by atoms with van der Waals surface area (Å²) in [6.45, 7) is 9.83. The van der Waals surface area contributed by atoms with Gasteiger partial charge in [-0.15, -0.1) is 0 Å². The summed E-state index contributed by atoms with van der Waals surface area (Å²) >= 11 is 16.8. The van der Waals surface area contributed by atoms with Gasteiger partial charge >= 0.3 is 6.09 Å². The number of aromatic nitrogens is 1. The third kappa shape index (κ3) is 5.68. The first-order chi connectivity index (χ1) is 11.2. The van der Waals surface area contributed by atoms with E-state index in [1.807, 2.05) is 20.8 Å². The summed E-state index contributed by atoms with van der Waals surface area (Å²) < 4.78 is 3.34. The third-order valence-corrected chi connectivity index (χ3v) is 3.97. The molecule has 0 spiro atoms. The van der Waals surface area contributed by atoms with Gasteiger partial charge in [0, 0.05) is 11.4 Å². The Morgan fingerprint density at radius 2 is 1.92 bits per heavy atom. The maximum Gasteiger partial charge on any atom is 0.411 e. The topological polar surface area (TPSA) is 51.2 Å². The number of hydrogen-bond donors (Lipinski definition) is 1. The standard InChI is InChI=1S/C15H19Cl3N2O2.C2H6/c1-8(2)12-9(3)13(10-5-4-6-11(10)19-12)20-14(21)22-7-15(16,17)18;1-2/h8H,4-7H2,1-3H3,(H,19,20,21);1-2H3. The molecule has 0 saturated carbocycles. The summed E-state index contributed by atoms with van der Waals surface area (Å²) in [7, 11) is 0. The predicted octanol–water partition coefficient (Wildman–Crippen LogP) is 5.95. The highest BCUT2D eigenvalue weighted by Gasteiger charge is 2.25. The molecule has 1 aromatic rings. The minimum Gasteiger partial charge on any atom is -0.445 e. The predicted molar refractivity (Wildman–Crippen MR) is 102 cm³/mol. The smallest absolute Gasteiger partial charge is 0.411 e. The van der Waals surface area contributed by atoms with Crippen molar-refractivity contribution in [1.29, 1.82) is 0 Å². The van der Waals surface area contributed by atoms with E-state index in [4.69, 9.17) is 44.5 Å². The number of alkyl halides is 3. The van der Waals surface area contributed by atoms with Crippen molar-refractivity contribution in [3.8, 4) is 0 Å². The van der Waals surface area contributed by atoms with Crippen molar-refractivity contribution in [2.45, 2.75) is 63.6 Å². The summed E-state index contributed by atoms with van der Waals surface area (Å²) in [6.07, 6.45) is 2.26. The van der Waals surface area contributed by atoms with Crippen LogP contribution in [0.5, 0.6) is 0 Å². The van der Waals surface area contributed by atoms with Gasteiger partial charge in [0.15, 0.2) is 0 Å². The van der Waals surface area contributed by atoms with Gasteiger partial charge in [-0.3, -0.25) is 10.3 Å². The molecule has 1 aromatic heterocycles. The van der Waals surface area contributed by atoms with Crippen molar-refractivity contribution >= 4 is 46.6 Å². The minimum atomic E-state index is -1.62. The molecule has 1 aliphatic carbocycles. The van der Waals surface area contributed by atoms with Crippen molar-refractivity contribution in [2.75, 3.05) is 11.9 Å². The van der Waals surface area contributed by atoms with Gasteiger partial charge in [-0.25, -0.2) is 4.79 Å². The number of ether oxygens (including phenoxy) is 1. The molecule has 1 N–H and O–H groups in total.